The smallest absolute Gasteiger partial charge is 0.320 e. The van der Waals surface area contributed by atoms with Gasteiger partial charge in [0.1, 0.15) is 0 Å². The fourth-order valence-corrected chi connectivity index (χ4v) is 3.32. The second-order valence-electron chi connectivity index (χ2n) is 3.84. The van der Waals surface area contributed by atoms with E-state index in [1.807, 2.05) is 0 Å². The van der Waals surface area contributed by atoms with Gasteiger partial charge in [-0.25, -0.2) is 0 Å². The molecule has 0 bridgehead atoms. The minimum Gasteiger partial charge on any atom is -0.400 e. The molecular weight excluding hydrogens is 196 g/mol. The molecule has 0 N–H and O–H groups in total. The zero-order valence-corrected chi connectivity index (χ0v) is 10.6. The maximum absolute atomic E-state index is 5.52. The van der Waals surface area contributed by atoms with Crippen molar-refractivity contribution in [3.63, 3.8) is 0 Å². The molecule has 0 spiro atoms. The summed E-state index contributed by atoms with van der Waals surface area (Å²) >= 11 is 0. The minimum atomic E-state index is -1.35. The van der Waals surface area contributed by atoms with Crippen LogP contribution in [-0.2, 0) is 13.6 Å². The van der Waals surface area contributed by atoms with Crippen molar-refractivity contribution >= 4 is 9.28 Å². The van der Waals surface area contributed by atoms with Crippen LogP contribution in [0.25, 0.3) is 0 Å². The molecule has 2 atom stereocenters. The van der Waals surface area contributed by atoms with Crippen LogP contribution in [0.3, 0.4) is 0 Å². The molecule has 1 aliphatic heterocycles. The van der Waals surface area contributed by atoms with Gasteiger partial charge in [-0.1, -0.05) is 13.3 Å². The fourth-order valence-electron chi connectivity index (χ4n) is 1.96. The summed E-state index contributed by atoms with van der Waals surface area (Å²) in [5, 5.41) is 0. The molecule has 0 saturated carbocycles. The summed E-state index contributed by atoms with van der Waals surface area (Å²) in [6.45, 7) is 3.19. The first-order chi connectivity index (χ1) is 6.81. The Bertz CT molecular complexity index is 146. The van der Waals surface area contributed by atoms with Crippen LogP contribution in [0, 0.1) is 5.92 Å². The average molecular weight is 218 g/mol. The van der Waals surface area contributed by atoms with E-state index in [1.54, 1.807) is 14.2 Å². The Hall–Kier alpha value is 0.0969. The van der Waals surface area contributed by atoms with Crippen LogP contribution in [0.2, 0.25) is 6.04 Å². The maximum Gasteiger partial charge on any atom is 0.320 e. The summed E-state index contributed by atoms with van der Waals surface area (Å²) in [7, 11) is 2.16. The topological polar surface area (TPSA) is 27.7 Å². The zero-order valence-electron chi connectivity index (χ0n) is 9.49. The number of ether oxygens (including phenoxy) is 1. The highest BCUT2D eigenvalue weighted by Gasteiger charge is 2.27. The average Bonchev–Trinajstić information content (AvgIpc) is 2.14. The molecule has 1 rings (SSSR count). The highest BCUT2D eigenvalue weighted by molar-refractivity contribution is 6.44. The van der Waals surface area contributed by atoms with Gasteiger partial charge < -0.3 is 13.6 Å². The van der Waals surface area contributed by atoms with E-state index in [0.29, 0.717) is 12.0 Å². The van der Waals surface area contributed by atoms with Crippen molar-refractivity contribution in [2.75, 3.05) is 20.8 Å². The van der Waals surface area contributed by atoms with Gasteiger partial charge in [-0.15, -0.1) is 0 Å². The van der Waals surface area contributed by atoms with Crippen molar-refractivity contribution in [1.29, 1.82) is 0 Å². The lowest BCUT2D eigenvalue weighted by Gasteiger charge is -2.34. The van der Waals surface area contributed by atoms with E-state index < -0.39 is 9.28 Å². The summed E-state index contributed by atoms with van der Waals surface area (Å²) in [6, 6.07) is 1.10. The Labute approximate surface area is 88.6 Å². The Morgan fingerprint density at radius 2 is 2.07 bits per heavy atom. The van der Waals surface area contributed by atoms with E-state index in [1.165, 1.54) is 19.3 Å². The summed E-state index contributed by atoms with van der Waals surface area (Å²) in [6.07, 6.45) is 4.16. The Morgan fingerprint density at radius 3 is 2.43 bits per heavy atom. The molecule has 14 heavy (non-hydrogen) atoms. The molecule has 84 valence electrons. The minimum absolute atomic E-state index is 0.517. The largest absolute Gasteiger partial charge is 0.400 e. The van der Waals surface area contributed by atoms with Crippen molar-refractivity contribution in [3.05, 3.63) is 0 Å². The Morgan fingerprint density at radius 1 is 1.43 bits per heavy atom. The summed E-state index contributed by atoms with van der Waals surface area (Å²) in [5.41, 5.74) is 0. The Kier molecular flexibility index (Phi) is 5.70. The third-order valence-electron chi connectivity index (χ3n) is 3.08. The lowest BCUT2D eigenvalue weighted by Crippen LogP contribution is -2.35. The Balaban J connectivity index is 2.18. The van der Waals surface area contributed by atoms with Crippen molar-refractivity contribution in [2.24, 2.45) is 5.92 Å². The molecule has 1 heterocycles. The number of hydrogen-bond acceptors (Lipinski definition) is 3. The molecule has 0 aromatic carbocycles. The van der Waals surface area contributed by atoms with Gasteiger partial charge in [0.05, 0.1) is 6.10 Å². The van der Waals surface area contributed by atoms with Crippen LogP contribution in [-0.4, -0.2) is 36.2 Å². The van der Waals surface area contributed by atoms with Crippen LogP contribution in [0.1, 0.15) is 26.2 Å². The third kappa shape index (κ3) is 3.35. The summed E-state index contributed by atoms with van der Waals surface area (Å²) in [5.74, 6) is 0.712. The molecule has 0 aromatic heterocycles. The van der Waals surface area contributed by atoms with E-state index in [-0.39, 0.29) is 0 Å². The fraction of sp³-hybridized carbons (Fsp3) is 1.00. The van der Waals surface area contributed by atoms with Gasteiger partial charge in [0.25, 0.3) is 0 Å². The molecule has 0 radical (unpaired) electrons. The van der Waals surface area contributed by atoms with Crippen LogP contribution < -0.4 is 0 Å². The van der Waals surface area contributed by atoms with Gasteiger partial charge in [0, 0.05) is 20.8 Å². The van der Waals surface area contributed by atoms with Gasteiger partial charge in [0.2, 0.25) is 0 Å². The highest BCUT2D eigenvalue weighted by atomic mass is 28.3. The van der Waals surface area contributed by atoms with Crippen LogP contribution >= 0.6 is 0 Å². The number of rotatable bonds is 7. The predicted octanol–water partition coefficient (Wildman–Crippen LogP) is 1.70. The SMILES string of the molecule is CCC(CC[SiH](OC)OC)C1CCO1. The van der Waals surface area contributed by atoms with E-state index in [9.17, 15) is 0 Å². The maximum atomic E-state index is 5.52. The first kappa shape index (κ1) is 12.2. The third-order valence-corrected chi connectivity index (χ3v) is 4.94. The molecule has 0 aliphatic carbocycles. The second-order valence-corrected chi connectivity index (χ2v) is 6.22. The van der Waals surface area contributed by atoms with E-state index in [0.717, 1.165) is 12.7 Å². The molecule has 0 aromatic rings. The number of hydrogen-bond donors (Lipinski definition) is 0. The lowest BCUT2D eigenvalue weighted by molar-refractivity contribution is -0.0864. The first-order valence-corrected chi connectivity index (χ1v) is 7.25. The molecular formula is C10H22O3Si. The molecule has 4 heteroatoms. The lowest BCUT2D eigenvalue weighted by atomic mass is 9.92. The standard InChI is InChI=1S/C10H22O3Si/c1-4-9(10-5-7-13-10)6-8-14(11-2)12-3/h9-10,14H,4-8H2,1-3H3. The van der Waals surface area contributed by atoms with Gasteiger partial charge >= 0.3 is 9.28 Å². The molecule has 1 saturated heterocycles. The van der Waals surface area contributed by atoms with E-state index >= 15 is 0 Å². The van der Waals surface area contributed by atoms with Gasteiger partial charge in [-0.05, 0) is 24.8 Å². The van der Waals surface area contributed by atoms with Crippen molar-refractivity contribution in [3.8, 4) is 0 Å². The van der Waals surface area contributed by atoms with Crippen molar-refractivity contribution in [2.45, 2.75) is 38.3 Å². The van der Waals surface area contributed by atoms with Crippen LogP contribution in [0.5, 0.6) is 0 Å². The molecule has 3 nitrogen and oxygen atoms in total. The van der Waals surface area contributed by atoms with Gasteiger partial charge in [0.15, 0.2) is 0 Å². The zero-order chi connectivity index (χ0) is 10.4. The van der Waals surface area contributed by atoms with E-state index in [2.05, 4.69) is 6.92 Å². The van der Waals surface area contributed by atoms with Crippen molar-refractivity contribution in [1.82, 2.24) is 0 Å². The van der Waals surface area contributed by atoms with Crippen LogP contribution in [0.4, 0.5) is 0 Å². The quantitative estimate of drug-likeness (QED) is 0.609. The molecule has 1 fully saturated rings. The highest BCUT2D eigenvalue weighted by Crippen LogP contribution is 2.27. The van der Waals surface area contributed by atoms with Crippen molar-refractivity contribution < 1.29 is 13.6 Å². The first-order valence-electron chi connectivity index (χ1n) is 5.49. The molecule has 0 amide bonds. The second kappa shape index (κ2) is 6.56. The van der Waals surface area contributed by atoms with Crippen LogP contribution in [0.15, 0.2) is 0 Å². The monoisotopic (exact) mass is 218 g/mol. The normalized spacial score (nSPS) is 23.6. The van der Waals surface area contributed by atoms with E-state index in [4.69, 9.17) is 13.6 Å². The van der Waals surface area contributed by atoms with Gasteiger partial charge in [-0.2, -0.15) is 0 Å². The molecule has 1 aliphatic rings. The molecule has 2 unspecified atom stereocenters. The summed E-state index contributed by atoms with van der Waals surface area (Å²) < 4.78 is 16.1. The summed E-state index contributed by atoms with van der Waals surface area (Å²) in [4.78, 5) is 0. The predicted molar refractivity (Wildman–Crippen MR) is 58.7 cm³/mol. The van der Waals surface area contributed by atoms with Gasteiger partial charge in [-0.3, -0.25) is 0 Å².